The minimum absolute atomic E-state index is 0.739. The third-order valence-electron chi connectivity index (χ3n) is 4.93. The van der Waals surface area contributed by atoms with Gasteiger partial charge in [0.1, 0.15) is 0 Å². The van der Waals surface area contributed by atoms with Crippen LogP contribution in [0.25, 0.3) is 6.08 Å². The molecule has 0 N–H and O–H groups in total. The van der Waals surface area contributed by atoms with Crippen molar-refractivity contribution in [3.63, 3.8) is 0 Å². The lowest BCUT2D eigenvalue weighted by atomic mass is 9.86. The molecular weight excluding hydrogens is 254 g/mol. The third kappa shape index (κ3) is 3.77. The first-order chi connectivity index (χ1) is 10.2. The van der Waals surface area contributed by atoms with Crippen LogP contribution in [0.3, 0.4) is 0 Å². The van der Waals surface area contributed by atoms with E-state index in [-0.39, 0.29) is 0 Å². The van der Waals surface area contributed by atoms with E-state index >= 15 is 0 Å². The van der Waals surface area contributed by atoms with Gasteiger partial charge in [0.25, 0.3) is 0 Å². The Morgan fingerprint density at radius 3 is 2.48 bits per heavy atom. The van der Waals surface area contributed by atoms with Gasteiger partial charge in [0.2, 0.25) is 0 Å². The molecule has 114 valence electrons. The Labute approximate surface area is 130 Å². The van der Waals surface area contributed by atoms with Gasteiger partial charge in [0.05, 0.1) is 0 Å². The number of benzene rings is 1. The molecule has 0 aromatic heterocycles. The lowest BCUT2D eigenvalue weighted by molar-refractivity contribution is 0.121. The maximum atomic E-state index is 2.68. The zero-order chi connectivity index (χ0) is 14.7. The van der Waals surface area contributed by atoms with Crippen LogP contribution in [0.5, 0.6) is 0 Å². The van der Waals surface area contributed by atoms with Gasteiger partial charge < -0.3 is 0 Å². The summed E-state index contributed by atoms with van der Waals surface area (Å²) in [6.07, 6.45) is 10.5. The van der Waals surface area contributed by atoms with Crippen molar-refractivity contribution in [2.45, 2.75) is 58.4 Å². The summed E-state index contributed by atoms with van der Waals surface area (Å²) < 4.78 is 0. The fourth-order valence-corrected chi connectivity index (χ4v) is 3.69. The third-order valence-corrected chi connectivity index (χ3v) is 4.93. The highest BCUT2D eigenvalue weighted by molar-refractivity contribution is 5.55. The second-order valence-corrected chi connectivity index (χ2v) is 7.21. The van der Waals surface area contributed by atoms with Crippen molar-refractivity contribution < 1.29 is 0 Å². The zero-order valence-electron chi connectivity index (χ0n) is 13.6. The van der Waals surface area contributed by atoms with Gasteiger partial charge in [-0.3, -0.25) is 4.90 Å². The molecule has 1 unspecified atom stereocenters. The van der Waals surface area contributed by atoms with Crippen LogP contribution in [0.15, 0.2) is 29.8 Å². The van der Waals surface area contributed by atoms with Gasteiger partial charge in [-0.25, -0.2) is 0 Å². The summed E-state index contributed by atoms with van der Waals surface area (Å²) in [5.41, 5.74) is 4.54. The van der Waals surface area contributed by atoms with Gasteiger partial charge >= 0.3 is 0 Å². The molecule has 3 rings (SSSR count). The SMILES string of the molecule is CC(C)Cc1ccc(C=C2CCCCC2N2CCC2)cc1. The molecule has 0 amide bonds. The van der Waals surface area contributed by atoms with E-state index in [1.807, 2.05) is 0 Å². The van der Waals surface area contributed by atoms with E-state index in [1.54, 1.807) is 5.57 Å². The maximum absolute atomic E-state index is 2.68. The Kier molecular flexibility index (Phi) is 4.80. The summed E-state index contributed by atoms with van der Waals surface area (Å²) in [5, 5.41) is 0. The van der Waals surface area contributed by atoms with Crippen LogP contribution in [-0.4, -0.2) is 24.0 Å². The van der Waals surface area contributed by atoms with Crippen LogP contribution in [-0.2, 0) is 6.42 Å². The Hall–Kier alpha value is -1.08. The molecule has 1 aromatic rings. The summed E-state index contributed by atoms with van der Waals surface area (Å²) >= 11 is 0. The van der Waals surface area contributed by atoms with Gasteiger partial charge in [-0.1, -0.05) is 56.2 Å². The highest BCUT2D eigenvalue weighted by Crippen LogP contribution is 2.32. The van der Waals surface area contributed by atoms with E-state index in [0.29, 0.717) is 0 Å². The fraction of sp³-hybridized carbons (Fsp3) is 0.600. The van der Waals surface area contributed by atoms with Crippen LogP contribution in [0.1, 0.15) is 57.1 Å². The van der Waals surface area contributed by atoms with Gasteiger partial charge in [-0.2, -0.15) is 0 Å². The van der Waals surface area contributed by atoms with Crippen LogP contribution < -0.4 is 0 Å². The smallest absolute Gasteiger partial charge is 0.0310 e. The molecule has 1 aliphatic heterocycles. The van der Waals surface area contributed by atoms with Crippen molar-refractivity contribution in [2.75, 3.05) is 13.1 Å². The summed E-state index contributed by atoms with van der Waals surface area (Å²) in [4.78, 5) is 2.68. The average molecular weight is 283 g/mol. The summed E-state index contributed by atoms with van der Waals surface area (Å²) in [7, 11) is 0. The molecule has 21 heavy (non-hydrogen) atoms. The molecule has 1 aromatic carbocycles. The molecular formula is C20H29N. The van der Waals surface area contributed by atoms with Crippen LogP contribution in [0, 0.1) is 5.92 Å². The first-order valence-corrected chi connectivity index (χ1v) is 8.76. The van der Waals surface area contributed by atoms with Gasteiger partial charge in [0.15, 0.2) is 0 Å². The van der Waals surface area contributed by atoms with E-state index in [1.165, 1.54) is 62.7 Å². The highest BCUT2D eigenvalue weighted by Gasteiger charge is 2.28. The fourth-order valence-electron chi connectivity index (χ4n) is 3.69. The minimum Gasteiger partial charge on any atom is -0.297 e. The number of rotatable bonds is 4. The summed E-state index contributed by atoms with van der Waals surface area (Å²) in [5.74, 6) is 0.739. The quantitative estimate of drug-likeness (QED) is 0.758. The second-order valence-electron chi connectivity index (χ2n) is 7.21. The Bertz CT molecular complexity index is 479. The van der Waals surface area contributed by atoms with Crippen LogP contribution in [0.4, 0.5) is 0 Å². The van der Waals surface area contributed by atoms with Crippen LogP contribution in [0.2, 0.25) is 0 Å². The molecule has 1 saturated carbocycles. The Balaban J connectivity index is 1.72. The molecule has 2 fully saturated rings. The van der Waals surface area contributed by atoms with E-state index in [0.717, 1.165) is 12.0 Å². The van der Waals surface area contributed by atoms with Gasteiger partial charge in [-0.15, -0.1) is 0 Å². The van der Waals surface area contributed by atoms with Crippen molar-refractivity contribution in [3.05, 3.63) is 41.0 Å². The number of hydrogen-bond acceptors (Lipinski definition) is 1. The first-order valence-electron chi connectivity index (χ1n) is 8.76. The number of likely N-dealkylation sites (tertiary alicyclic amines) is 1. The number of hydrogen-bond donors (Lipinski definition) is 0. The topological polar surface area (TPSA) is 3.24 Å². The Morgan fingerprint density at radius 1 is 1.10 bits per heavy atom. The first kappa shape index (κ1) is 14.8. The summed E-state index contributed by atoms with van der Waals surface area (Å²) in [6.45, 7) is 7.20. The zero-order valence-corrected chi connectivity index (χ0v) is 13.6. The Morgan fingerprint density at radius 2 is 1.86 bits per heavy atom. The largest absolute Gasteiger partial charge is 0.297 e. The van der Waals surface area contributed by atoms with Gasteiger partial charge in [0, 0.05) is 6.04 Å². The summed E-state index contributed by atoms with van der Waals surface area (Å²) in [6, 6.07) is 9.99. The molecule has 1 nitrogen and oxygen atoms in total. The molecule has 1 heterocycles. The lowest BCUT2D eigenvalue weighted by Gasteiger charge is -2.42. The maximum Gasteiger partial charge on any atom is 0.0310 e. The highest BCUT2D eigenvalue weighted by atomic mass is 15.2. The molecule has 0 bridgehead atoms. The van der Waals surface area contributed by atoms with Crippen molar-refractivity contribution in [1.82, 2.24) is 4.90 Å². The molecule has 1 saturated heterocycles. The minimum atomic E-state index is 0.739. The lowest BCUT2D eigenvalue weighted by Crippen LogP contribution is -2.46. The predicted octanol–water partition coefficient (Wildman–Crippen LogP) is 4.92. The monoisotopic (exact) mass is 283 g/mol. The molecule has 0 radical (unpaired) electrons. The van der Waals surface area contributed by atoms with E-state index < -0.39 is 0 Å². The van der Waals surface area contributed by atoms with Crippen molar-refractivity contribution in [2.24, 2.45) is 5.92 Å². The van der Waals surface area contributed by atoms with E-state index in [2.05, 4.69) is 49.1 Å². The van der Waals surface area contributed by atoms with Crippen molar-refractivity contribution >= 4 is 6.08 Å². The van der Waals surface area contributed by atoms with E-state index in [4.69, 9.17) is 0 Å². The standard InChI is InChI=1S/C20H29N/c1-16(2)14-17-8-10-18(11-9-17)15-19-6-3-4-7-20(19)21-12-5-13-21/h8-11,15-16,20H,3-7,12-14H2,1-2H3. The normalized spacial score (nSPS) is 25.3. The second kappa shape index (κ2) is 6.79. The van der Waals surface area contributed by atoms with Crippen LogP contribution >= 0.6 is 0 Å². The molecule has 1 atom stereocenters. The predicted molar refractivity (Wildman–Crippen MR) is 91.4 cm³/mol. The van der Waals surface area contributed by atoms with Gasteiger partial charge in [-0.05, 0) is 62.2 Å². The molecule has 1 heteroatoms. The molecule has 1 aliphatic carbocycles. The number of nitrogens with zero attached hydrogens (tertiary/aromatic N) is 1. The molecule has 2 aliphatic rings. The van der Waals surface area contributed by atoms with Crippen molar-refractivity contribution in [3.8, 4) is 0 Å². The average Bonchev–Trinajstić information content (AvgIpc) is 2.41. The molecule has 0 spiro atoms. The van der Waals surface area contributed by atoms with Crippen molar-refractivity contribution in [1.29, 1.82) is 0 Å². The van der Waals surface area contributed by atoms with E-state index in [9.17, 15) is 0 Å².